The van der Waals surface area contributed by atoms with E-state index < -0.39 is 0 Å². The summed E-state index contributed by atoms with van der Waals surface area (Å²) < 4.78 is 1.21. The van der Waals surface area contributed by atoms with Gasteiger partial charge < -0.3 is 5.73 Å². The van der Waals surface area contributed by atoms with Gasteiger partial charge in [-0.3, -0.25) is 0 Å². The summed E-state index contributed by atoms with van der Waals surface area (Å²) in [5.74, 6) is 0. The maximum Gasteiger partial charge on any atom is 0.0938 e. The van der Waals surface area contributed by atoms with E-state index in [0.717, 1.165) is 36.3 Å². The van der Waals surface area contributed by atoms with Gasteiger partial charge in [0.15, 0.2) is 0 Å². The molecule has 0 unspecified atom stereocenters. The first-order valence-corrected chi connectivity index (χ1v) is 6.24. The van der Waals surface area contributed by atoms with Crippen LogP contribution in [-0.4, -0.2) is 11.5 Å². The maximum atomic E-state index is 5.90. The van der Waals surface area contributed by atoms with Crippen molar-refractivity contribution < 1.29 is 0 Å². The normalized spacial score (nSPS) is 11.1. The van der Waals surface area contributed by atoms with Crippen molar-refractivity contribution in [1.82, 2.24) is 4.98 Å². The predicted octanol–water partition coefficient (Wildman–Crippen LogP) is 3.23. The SMILES string of the molecule is NCCCCc1nc2cc(Cl)ccc2s1. The Balaban J connectivity index is 2.16. The lowest BCUT2D eigenvalue weighted by Gasteiger charge is -1.92. The summed E-state index contributed by atoms with van der Waals surface area (Å²) in [6.45, 7) is 0.761. The van der Waals surface area contributed by atoms with Gasteiger partial charge in [-0.25, -0.2) is 4.98 Å². The summed E-state index contributed by atoms with van der Waals surface area (Å²) in [6, 6.07) is 5.85. The molecular weight excluding hydrogens is 228 g/mol. The number of nitrogens with zero attached hydrogens (tertiary/aromatic N) is 1. The van der Waals surface area contributed by atoms with E-state index >= 15 is 0 Å². The number of benzene rings is 1. The number of hydrogen-bond acceptors (Lipinski definition) is 3. The Labute approximate surface area is 98.1 Å². The zero-order chi connectivity index (χ0) is 10.7. The average molecular weight is 241 g/mol. The van der Waals surface area contributed by atoms with Crippen LogP contribution in [-0.2, 0) is 6.42 Å². The number of unbranched alkanes of at least 4 members (excludes halogenated alkanes) is 1. The van der Waals surface area contributed by atoms with Gasteiger partial charge in [-0.2, -0.15) is 0 Å². The maximum absolute atomic E-state index is 5.90. The predicted molar refractivity (Wildman–Crippen MR) is 66.6 cm³/mol. The molecule has 1 aromatic carbocycles. The molecule has 1 aromatic heterocycles. The van der Waals surface area contributed by atoms with Gasteiger partial charge in [-0.05, 0) is 44.0 Å². The van der Waals surface area contributed by atoms with Crippen molar-refractivity contribution in [2.45, 2.75) is 19.3 Å². The van der Waals surface area contributed by atoms with Crippen LogP contribution in [0.4, 0.5) is 0 Å². The molecule has 0 fully saturated rings. The Morgan fingerprint density at radius 2 is 2.20 bits per heavy atom. The highest BCUT2D eigenvalue weighted by Gasteiger charge is 2.03. The van der Waals surface area contributed by atoms with E-state index in [1.165, 1.54) is 9.71 Å². The molecule has 0 saturated carbocycles. The van der Waals surface area contributed by atoms with Gasteiger partial charge in [0.1, 0.15) is 0 Å². The molecule has 2 rings (SSSR count). The number of fused-ring (bicyclic) bond motifs is 1. The Bertz CT molecular complexity index is 453. The highest BCUT2D eigenvalue weighted by atomic mass is 35.5. The molecule has 15 heavy (non-hydrogen) atoms. The topological polar surface area (TPSA) is 38.9 Å². The molecule has 0 aliphatic rings. The van der Waals surface area contributed by atoms with Crippen LogP contribution in [0.3, 0.4) is 0 Å². The fourth-order valence-corrected chi connectivity index (χ4v) is 2.63. The number of nitrogens with two attached hydrogens (primary N) is 1. The molecule has 0 bridgehead atoms. The highest BCUT2D eigenvalue weighted by molar-refractivity contribution is 7.18. The third-order valence-corrected chi connectivity index (χ3v) is 3.57. The molecule has 1 heterocycles. The zero-order valence-electron chi connectivity index (χ0n) is 8.37. The standard InChI is InChI=1S/C11H13ClN2S/c12-8-4-5-10-9(7-8)14-11(15-10)3-1-2-6-13/h4-5,7H,1-3,6,13H2. The van der Waals surface area contributed by atoms with Crippen molar-refractivity contribution in [2.75, 3.05) is 6.54 Å². The lowest BCUT2D eigenvalue weighted by Crippen LogP contribution is -1.98. The molecule has 0 saturated heterocycles. The summed E-state index contributed by atoms with van der Waals surface area (Å²) in [5.41, 5.74) is 6.46. The van der Waals surface area contributed by atoms with E-state index in [1.54, 1.807) is 11.3 Å². The van der Waals surface area contributed by atoms with E-state index in [4.69, 9.17) is 17.3 Å². The minimum Gasteiger partial charge on any atom is -0.330 e. The quantitative estimate of drug-likeness (QED) is 0.834. The third-order valence-electron chi connectivity index (χ3n) is 2.24. The molecule has 80 valence electrons. The molecule has 0 radical (unpaired) electrons. The first kappa shape index (κ1) is 10.9. The van der Waals surface area contributed by atoms with Crippen molar-refractivity contribution in [3.05, 3.63) is 28.2 Å². The second-order valence-electron chi connectivity index (χ2n) is 3.47. The second-order valence-corrected chi connectivity index (χ2v) is 5.02. The molecule has 0 aliphatic carbocycles. The monoisotopic (exact) mass is 240 g/mol. The van der Waals surface area contributed by atoms with Gasteiger partial charge in [-0.1, -0.05) is 11.6 Å². The smallest absolute Gasteiger partial charge is 0.0938 e. The van der Waals surface area contributed by atoms with Crippen LogP contribution in [0.2, 0.25) is 5.02 Å². The summed E-state index contributed by atoms with van der Waals surface area (Å²) >= 11 is 7.65. The van der Waals surface area contributed by atoms with Crippen molar-refractivity contribution >= 4 is 33.2 Å². The summed E-state index contributed by atoms with van der Waals surface area (Å²) in [6.07, 6.45) is 3.20. The van der Waals surface area contributed by atoms with Crippen molar-refractivity contribution in [2.24, 2.45) is 5.73 Å². The van der Waals surface area contributed by atoms with Crippen molar-refractivity contribution in [3.63, 3.8) is 0 Å². The van der Waals surface area contributed by atoms with E-state index in [9.17, 15) is 0 Å². The molecule has 0 spiro atoms. The lowest BCUT2D eigenvalue weighted by atomic mass is 10.2. The number of rotatable bonds is 4. The molecular formula is C11H13ClN2S. The minimum atomic E-state index is 0.751. The average Bonchev–Trinajstić information content (AvgIpc) is 2.60. The summed E-state index contributed by atoms with van der Waals surface area (Å²) in [7, 11) is 0. The number of aromatic nitrogens is 1. The van der Waals surface area contributed by atoms with Gasteiger partial charge >= 0.3 is 0 Å². The highest BCUT2D eigenvalue weighted by Crippen LogP contribution is 2.25. The second kappa shape index (κ2) is 4.92. The van der Waals surface area contributed by atoms with Crippen LogP contribution >= 0.6 is 22.9 Å². The van der Waals surface area contributed by atoms with Crippen molar-refractivity contribution in [3.8, 4) is 0 Å². The molecule has 2 N–H and O–H groups in total. The first-order chi connectivity index (χ1) is 7.29. The van der Waals surface area contributed by atoms with Gasteiger partial charge in [-0.15, -0.1) is 11.3 Å². The number of aryl methyl sites for hydroxylation is 1. The van der Waals surface area contributed by atoms with Gasteiger partial charge in [0.25, 0.3) is 0 Å². The molecule has 0 amide bonds. The molecule has 2 nitrogen and oxygen atoms in total. The van der Waals surface area contributed by atoms with Gasteiger partial charge in [0.05, 0.1) is 15.2 Å². The van der Waals surface area contributed by atoms with Crippen LogP contribution in [0, 0.1) is 0 Å². The minimum absolute atomic E-state index is 0.751. The Kier molecular flexibility index (Phi) is 3.57. The molecule has 0 aliphatic heterocycles. The lowest BCUT2D eigenvalue weighted by molar-refractivity contribution is 0.742. The van der Waals surface area contributed by atoms with E-state index in [0.29, 0.717) is 0 Å². The first-order valence-electron chi connectivity index (χ1n) is 5.04. The van der Waals surface area contributed by atoms with E-state index in [-0.39, 0.29) is 0 Å². The molecule has 4 heteroatoms. The number of halogens is 1. The summed E-state index contributed by atoms with van der Waals surface area (Å²) in [5, 5.41) is 1.93. The molecule has 0 atom stereocenters. The van der Waals surface area contributed by atoms with E-state index in [1.807, 2.05) is 18.2 Å². The summed E-state index contributed by atoms with van der Waals surface area (Å²) in [4.78, 5) is 4.54. The van der Waals surface area contributed by atoms with Crippen LogP contribution in [0.15, 0.2) is 18.2 Å². The van der Waals surface area contributed by atoms with Crippen LogP contribution in [0.25, 0.3) is 10.2 Å². The molecule has 2 aromatic rings. The third kappa shape index (κ3) is 2.68. The Morgan fingerprint density at radius 3 is 3.00 bits per heavy atom. The van der Waals surface area contributed by atoms with Crippen LogP contribution in [0.5, 0.6) is 0 Å². The van der Waals surface area contributed by atoms with Gasteiger partial charge in [0, 0.05) is 5.02 Å². The number of hydrogen-bond donors (Lipinski definition) is 1. The van der Waals surface area contributed by atoms with E-state index in [2.05, 4.69) is 4.98 Å². The number of thiazole rings is 1. The zero-order valence-corrected chi connectivity index (χ0v) is 9.94. The largest absolute Gasteiger partial charge is 0.330 e. The Hall–Kier alpha value is -0.640. The Morgan fingerprint density at radius 1 is 1.33 bits per heavy atom. The van der Waals surface area contributed by atoms with Crippen molar-refractivity contribution in [1.29, 1.82) is 0 Å². The van der Waals surface area contributed by atoms with Crippen LogP contribution < -0.4 is 5.73 Å². The fourth-order valence-electron chi connectivity index (χ4n) is 1.48. The van der Waals surface area contributed by atoms with Gasteiger partial charge in [0.2, 0.25) is 0 Å². The van der Waals surface area contributed by atoms with Crippen LogP contribution in [0.1, 0.15) is 17.8 Å². The fraction of sp³-hybridized carbons (Fsp3) is 0.364.